The highest BCUT2D eigenvalue weighted by Gasteiger charge is 2.25. The fourth-order valence-electron chi connectivity index (χ4n) is 2.63. The molecule has 0 spiro atoms. The van der Waals surface area contributed by atoms with Crippen LogP contribution < -0.4 is 10.6 Å². The first kappa shape index (κ1) is 12.3. The Balaban J connectivity index is 2.03. The molecule has 1 aliphatic carbocycles. The molecule has 0 bridgehead atoms. The van der Waals surface area contributed by atoms with Crippen molar-refractivity contribution in [3.8, 4) is 0 Å². The molecular weight excluding hydrogens is 234 g/mol. The van der Waals surface area contributed by atoms with Crippen LogP contribution >= 0.6 is 0 Å². The average molecular weight is 255 g/mol. The van der Waals surface area contributed by atoms with Crippen LogP contribution in [0.3, 0.4) is 0 Å². The van der Waals surface area contributed by atoms with Gasteiger partial charge in [0.2, 0.25) is 0 Å². The van der Waals surface area contributed by atoms with Crippen molar-refractivity contribution in [3.63, 3.8) is 0 Å². The predicted octanol–water partition coefficient (Wildman–Crippen LogP) is 3.44. The van der Waals surface area contributed by atoms with Gasteiger partial charge >= 0.3 is 0 Å². The third kappa shape index (κ3) is 2.50. The SMILES string of the molecule is CCCN(CC1CC1)c1ccc(N)c2cccnc12. The molecular formula is C16H21N3. The summed E-state index contributed by atoms with van der Waals surface area (Å²) < 4.78 is 0. The first-order chi connectivity index (χ1) is 9.29. The topological polar surface area (TPSA) is 42.1 Å². The van der Waals surface area contributed by atoms with E-state index < -0.39 is 0 Å². The Kier molecular flexibility index (Phi) is 3.28. The molecule has 0 saturated heterocycles. The van der Waals surface area contributed by atoms with Gasteiger partial charge in [0, 0.05) is 30.4 Å². The normalized spacial score (nSPS) is 14.8. The van der Waals surface area contributed by atoms with Crippen LogP contribution in [0.5, 0.6) is 0 Å². The van der Waals surface area contributed by atoms with Gasteiger partial charge in [-0.1, -0.05) is 6.92 Å². The molecule has 1 fully saturated rings. The van der Waals surface area contributed by atoms with Crippen LogP contribution in [0.4, 0.5) is 11.4 Å². The Morgan fingerprint density at radius 2 is 2.16 bits per heavy atom. The number of pyridine rings is 1. The van der Waals surface area contributed by atoms with Crippen LogP contribution in [0.15, 0.2) is 30.5 Å². The first-order valence-electron chi connectivity index (χ1n) is 7.17. The summed E-state index contributed by atoms with van der Waals surface area (Å²) >= 11 is 0. The molecule has 1 aliphatic rings. The molecule has 3 rings (SSSR count). The lowest BCUT2D eigenvalue weighted by atomic mass is 10.1. The molecule has 0 amide bonds. The molecule has 0 atom stereocenters. The van der Waals surface area contributed by atoms with E-state index in [1.54, 1.807) is 0 Å². The van der Waals surface area contributed by atoms with Gasteiger partial charge in [-0.3, -0.25) is 4.98 Å². The van der Waals surface area contributed by atoms with Gasteiger partial charge in [-0.15, -0.1) is 0 Å². The van der Waals surface area contributed by atoms with E-state index in [2.05, 4.69) is 28.9 Å². The molecule has 1 saturated carbocycles. The number of fused-ring (bicyclic) bond motifs is 1. The number of benzene rings is 1. The summed E-state index contributed by atoms with van der Waals surface area (Å²) in [6, 6.07) is 8.15. The van der Waals surface area contributed by atoms with Crippen LogP contribution in [-0.2, 0) is 0 Å². The third-order valence-corrected chi connectivity index (χ3v) is 3.79. The van der Waals surface area contributed by atoms with E-state index in [1.165, 1.54) is 18.5 Å². The van der Waals surface area contributed by atoms with Crippen LogP contribution in [-0.4, -0.2) is 18.1 Å². The number of nitrogens with two attached hydrogens (primary N) is 1. The third-order valence-electron chi connectivity index (χ3n) is 3.79. The molecule has 2 N–H and O–H groups in total. The Hall–Kier alpha value is -1.77. The highest BCUT2D eigenvalue weighted by molar-refractivity contribution is 5.98. The van der Waals surface area contributed by atoms with E-state index in [9.17, 15) is 0 Å². The minimum absolute atomic E-state index is 0.815. The Morgan fingerprint density at radius 1 is 1.32 bits per heavy atom. The monoisotopic (exact) mass is 255 g/mol. The molecule has 0 aliphatic heterocycles. The lowest BCUT2D eigenvalue weighted by Gasteiger charge is -2.25. The average Bonchev–Trinajstić information content (AvgIpc) is 3.23. The van der Waals surface area contributed by atoms with Crippen LogP contribution in [0.1, 0.15) is 26.2 Å². The van der Waals surface area contributed by atoms with Gasteiger partial charge in [0.05, 0.1) is 11.2 Å². The van der Waals surface area contributed by atoms with Crippen LogP contribution in [0.25, 0.3) is 10.9 Å². The summed E-state index contributed by atoms with van der Waals surface area (Å²) in [6.07, 6.45) is 5.76. The second-order valence-electron chi connectivity index (χ2n) is 5.46. The molecule has 0 radical (unpaired) electrons. The van der Waals surface area contributed by atoms with Gasteiger partial charge in [0.15, 0.2) is 0 Å². The number of hydrogen-bond donors (Lipinski definition) is 1. The maximum Gasteiger partial charge on any atom is 0.0955 e. The molecule has 1 heterocycles. The van der Waals surface area contributed by atoms with Crippen molar-refractivity contribution in [3.05, 3.63) is 30.5 Å². The van der Waals surface area contributed by atoms with E-state index in [1.807, 2.05) is 18.3 Å². The minimum atomic E-state index is 0.815. The van der Waals surface area contributed by atoms with E-state index in [0.717, 1.165) is 42.0 Å². The summed E-state index contributed by atoms with van der Waals surface area (Å²) in [6.45, 7) is 4.47. The Labute approximate surface area is 114 Å². The summed E-state index contributed by atoms with van der Waals surface area (Å²) in [4.78, 5) is 7.03. The summed E-state index contributed by atoms with van der Waals surface area (Å²) in [7, 11) is 0. The minimum Gasteiger partial charge on any atom is -0.398 e. The van der Waals surface area contributed by atoms with Crippen molar-refractivity contribution in [2.45, 2.75) is 26.2 Å². The zero-order valence-electron chi connectivity index (χ0n) is 11.5. The van der Waals surface area contributed by atoms with E-state index in [-0.39, 0.29) is 0 Å². The van der Waals surface area contributed by atoms with Gasteiger partial charge in [-0.25, -0.2) is 0 Å². The van der Waals surface area contributed by atoms with Crippen LogP contribution in [0, 0.1) is 5.92 Å². The zero-order valence-corrected chi connectivity index (χ0v) is 11.5. The standard InChI is InChI=1S/C16H21N3/c1-2-10-19(11-12-5-6-12)15-8-7-14(17)13-4-3-9-18-16(13)15/h3-4,7-9,12H,2,5-6,10-11,17H2,1H3. The molecule has 2 aromatic rings. The van der Waals surface area contributed by atoms with Crippen LogP contribution in [0.2, 0.25) is 0 Å². The maximum atomic E-state index is 6.05. The van der Waals surface area contributed by atoms with Crippen molar-refractivity contribution in [1.29, 1.82) is 0 Å². The van der Waals surface area contributed by atoms with Crippen molar-refractivity contribution < 1.29 is 0 Å². The van der Waals surface area contributed by atoms with Gasteiger partial charge in [0.25, 0.3) is 0 Å². The smallest absolute Gasteiger partial charge is 0.0955 e. The van der Waals surface area contributed by atoms with Crippen molar-refractivity contribution in [2.75, 3.05) is 23.7 Å². The van der Waals surface area contributed by atoms with Crippen molar-refractivity contribution >= 4 is 22.3 Å². The Bertz CT molecular complexity index is 575. The quantitative estimate of drug-likeness (QED) is 0.832. The zero-order chi connectivity index (χ0) is 13.2. The molecule has 3 nitrogen and oxygen atoms in total. The van der Waals surface area contributed by atoms with Crippen molar-refractivity contribution in [1.82, 2.24) is 4.98 Å². The highest BCUT2D eigenvalue weighted by Crippen LogP contribution is 2.34. The summed E-state index contributed by atoms with van der Waals surface area (Å²) in [5, 5.41) is 1.07. The molecule has 0 unspecified atom stereocenters. The van der Waals surface area contributed by atoms with Gasteiger partial charge in [-0.05, 0) is 49.4 Å². The summed E-state index contributed by atoms with van der Waals surface area (Å²) in [5.41, 5.74) is 9.14. The predicted molar refractivity (Wildman–Crippen MR) is 81.4 cm³/mol. The lowest BCUT2D eigenvalue weighted by molar-refractivity contribution is 0.710. The number of nitrogen functional groups attached to an aromatic ring is 1. The molecule has 3 heteroatoms. The second kappa shape index (κ2) is 5.08. The molecule has 100 valence electrons. The fourth-order valence-corrected chi connectivity index (χ4v) is 2.63. The van der Waals surface area contributed by atoms with Gasteiger partial charge in [-0.2, -0.15) is 0 Å². The fraction of sp³-hybridized carbons (Fsp3) is 0.438. The number of rotatable bonds is 5. The number of anilines is 2. The molecule has 1 aromatic carbocycles. The molecule has 1 aromatic heterocycles. The molecule has 19 heavy (non-hydrogen) atoms. The first-order valence-corrected chi connectivity index (χ1v) is 7.17. The van der Waals surface area contributed by atoms with Crippen molar-refractivity contribution in [2.24, 2.45) is 5.92 Å². The van der Waals surface area contributed by atoms with Gasteiger partial charge in [0.1, 0.15) is 0 Å². The Morgan fingerprint density at radius 3 is 2.89 bits per heavy atom. The summed E-state index contributed by atoms with van der Waals surface area (Å²) in [5.74, 6) is 0.878. The second-order valence-corrected chi connectivity index (χ2v) is 5.46. The van der Waals surface area contributed by atoms with E-state index in [0.29, 0.717) is 0 Å². The number of aromatic nitrogens is 1. The maximum absolute atomic E-state index is 6.05. The van der Waals surface area contributed by atoms with E-state index >= 15 is 0 Å². The van der Waals surface area contributed by atoms with Gasteiger partial charge < -0.3 is 10.6 Å². The number of hydrogen-bond acceptors (Lipinski definition) is 3. The van der Waals surface area contributed by atoms with E-state index in [4.69, 9.17) is 5.73 Å². The highest BCUT2D eigenvalue weighted by atomic mass is 15.1. The lowest BCUT2D eigenvalue weighted by Crippen LogP contribution is -2.26. The largest absolute Gasteiger partial charge is 0.398 e. The number of nitrogens with zero attached hydrogens (tertiary/aromatic N) is 2.